The zero-order valence-electron chi connectivity index (χ0n) is 10.8. The van der Waals surface area contributed by atoms with E-state index in [2.05, 4.69) is 33.0 Å². The van der Waals surface area contributed by atoms with E-state index in [1.165, 1.54) is 25.7 Å². The number of aliphatic hydroxyl groups is 1. The maximum Gasteiger partial charge on any atom is 0.0494 e. The zero-order chi connectivity index (χ0) is 11.5. The van der Waals surface area contributed by atoms with Crippen molar-refractivity contribution >= 4 is 0 Å². The Morgan fingerprint density at radius 1 is 1.27 bits per heavy atom. The second kappa shape index (κ2) is 4.84. The normalized spacial score (nSPS) is 23.0. The van der Waals surface area contributed by atoms with Crippen LogP contribution in [0.2, 0.25) is 0 Å². The fourth-order valence-corrected chi connectivity index (χ4v) is 2.08. The summed E-state index contributed by atoms with van der Waals surface area (Å²) in [5, 5.41) is 12.8. The molecule has 0 aromatic carbocycles. The fraction of sp³-hybridized carbons (Fsp3) is 1.00. The van der Waals surface area contributed by atoms with E-state index in [0.29, 0.717) is 11.5 Å². The van der Waals surface area contributed by atoms with Gasteiger partial charge < -0.3 is 10.4 Å². The van der Waals surface area contributed by atoms with Gasteiger partial charge >= 0.3 is 0 Å². The SMILES string of the molecule is CC1(C)CCC(NCC(C)(C)CO)CC1. The maximum absolute atomic E-state index is 9.17. The van der Waals surface area contributed by atoms with Gasteiger partial charge in [0.15, 0.2) is 0 Å². The van der Waals surface area contributed by atoms with Crippen LogP contribution in [0.3, 0.4) is 0 Å². The Labute approximate surface area is 94.5 Å². The van der Waals surface area contributed by atoms with Crippen molar-refractivity contribution < 1.29 is 5.11 Å². The van der Waals surface area contributed by atoms with Gasteiger partial charge in [-0.15, -0.1) is 0 Å². The lowest BCUT2D eigenvalue weighted by molar-refractivity contribution is 0.140. The molecule has 0 heterocycles. The van der Waals surface area contributed by atoms with Crippen LogP contribution in [0.15, 0.2) is 0 Å². The summed E-state index contributed by atoms with van der Waals surface area (Å²) in [6, 6.07) is 0.670. The van der Waals surface area contributed by atoms with Gasteiger partial charge in [-0.2, -0.15) is 0 Å². The summed E-state index contributed by atoms with van der Waals surface area (Å²) in [6.07, 6.45) is 5.22. The van der Waals surface area contributed by atoms with Crippen LogP contribution >= 0.6 is 0 Å². The summed E-state index contributed by atoms with van der Waals surface area (Å²) in [6.45, 7) is 10.1. The maximum atomic E-state index is 9.17. The highest BCUT2D eigenvalue weighted by atomic mass is 16.3. The Morgan fingerprint density at radius 3 is 2.27 bits per heavy atom. The summed E-state index contributed by atoms with van der Waals surface area (Å²) in [7, 11) is 0. The third-order valence-electron chi connectivity index (χ3n) is 3.64. The van der Waals surface area contributed by atoms with Gasteiger partial charge in [-0.25, -0.2) is 0 Å². The molecule has 1 saturated carbocycles. The molecule has 1 aliphatic rings. The second-order valence-corrected chi connectivity index (χ2v) is 6.64. The Morgan fingerprint density at radius 2 is 1.80 bits per heavy atom. The van der Waals surface area contributed by atoms with Crippen molar-refractivity contribution in [1.82, 2.24) is 5.32 Å². The van der Waals surface area contributed by atoms with E-state index < -0.39 is 0 Å². The predicted octanol–water partition coefficient (Wildman–Crippen LogP) is 2.56. The number of rotatable bonds is 4. The van der Waals surface area contributed by atoms with Gasteiger partial charge in [0.1, 0.15) is 0 Å². The summed E-state index contributed by atoms with van der Waals surface area (Å²) < 4.78 is 0. The number of hydrogen-bond donors (Lipinski definition) is 2. The van der Waals surface area contributed by atoms with Crippen LogP contribution in [0.5, 0.6) is 0 Å². The molecular weight excluding hydrogens is 186 g/mol. The molecule has 0 saturated heterocycles. The van der Waals surface area contributed by atoms with Crippen LogP contribution in [-0.2, 0) is 0 Å². The summed E-state index contributed by atoms with van der Waals surface area (Å²) in [4.78, 5) is 0. The molecule has 0 spiro atoms. The number of aliphatic hydroxyl groups excluding tert-OH is 1. The Balaban J connectivity index is 2.25. The van der Waals surface area contributed by atoms with Crippen molar-refractivity contribution in [3.8, 4) is 0 Å². The van der Waals surface area contributed by atoms with Crippen LogP contribution in [0.25, 0.3) is 0 Å². The average Bonchev–Trinajstić information content (AvgIpc) is 2.16. The third kappa shape index (κ3) is 4.52. The quantitative estimate of drug-likeness (QED) is 0.752. The lowest BCUT2D eigenvalue weighted by Gasteiger charge is -2.36. The van der Waals surface area contributed by atoms with Gasteiger partial charge in [0.2, 0.25) is 0 Å². The first-order valence-electron chi connectivity index (χ1n) is 6.19. The molecule has 0 amide bonds. The molecule has 2 heteroatoms. The summed E-state index contributed by atoms with van der Waals surface area (Å²) in [5.41, 5.74) is 0.567. The highest BCUT2D eigenvalue weighted by molar-refractivity contribution is 4.83. The van der Waals surface area contributed by atoms with E-state index in [1.807, 2.05) is 0 Å². The molecule has 0 atom stereocenters. The molecule has 0 radical (unpaired) electrons. The third-order valence-corrected chi connectivity index (χ3v) is 3.64. The first-order valence-corrected chi connectivity index (χ1v) is 6.19. The first kappa shape index (κ1) is 13.0. The highest BCUT2D eigenvalue weighted by Crippen LogP contribution is 2.35. The van der Waals surface area contributed by atoms with E-state index in [1.54, 1.807) is 0 Å². The largest absolute Gasteiger partial charge is 0.396 e. The van der Waals surface area contributed by atoms with Crippen LogP contribution < -0.4 is 5.32 Å². The minimum absolute atomic E-state index is 0.0208. The monoisotopic (exact) mass is 213 g/mol. The minimum Gasteiger partial charge on any atom is -0.396 e. The minimum atomic E-state index is 0.0208. The predicted molar refractivity (Wildman–Crippen MR) is 64.9 cm³/mol. The van der Waals surface area contributed by atoms with Gasteiger partial charge in [0.05, 0.1) is 0 Å². The van der Waals surface area contributed by atoms with Gasteiger partial charge in [0.25, 0.3) is 0 Å². The van der Waals surface area contributed by atoms with E-state index in [9.17, 15) is 0 Å². The average molecular weight is 213 g/mol. The zero-order valence-corrected chi connectivity index (χ0v) is 10.8. The summed E-state index contributed by atoms with van der Waals surface area (Å²) >= 11 is 0. The first-order chi connectivity index (χ1) is 6.85. The smallest absolute Gasteiger partial charge is 0.0494 e. The molecule has 0 aromatic rings. The Kier molecular flexibility index (Phi) is 4.19. The Hall–Kier alpha value is -0.0800. The molecule has 2 N–H and O–H groups in total. The van der Waals surface area contributed by atoms with Gasteiger partial charge in [-0.1, -0.05) is 27.7 Å². The van der Waals surface area contributed by atoms with Crippen LogP contribution in [0, 0.1) is 10.8 Å². The number of hydrogen-bond acceptors (Lipinski definition) is 2. The van der Waals surface area contributed by atoms with Crippen molar-refractivity contribution in [2.24, 2.45) is 10.8 Å². The van der Waals surface area contributed by atoms with Crippen LogP contribution in [-0.4, -0.2) is 24.3 Å². The molecule has 1 rings (SSSR count). The number of nitrogens with one attached hydrogen (secondary N) is 1. The molecule has 1 aliphatic carbocycles. The van der Waals surface area contributed by atoms with E-state index in [0.717, 1.165) is 6.54 Å². The van der Waals surface area contributed by atoms with E-state index in [-0.39, 0.29) is 12.0 Å². The van der Waals surface area contributed by atoms with Crippen molar-refractivity contribution in [2.75, 3.05) is 13.2 Å². The standard InChI is InChI=1S/C13H27NO/c1-12(2)7-5-11(6-8-12)14-9-13(3,4)10-15/h11,14-15H,5-10H2,1-4H3. The molecule has 0 aliphatic heterocycles. The summed E-state index contributed by atoms with van der Waals surface area (Å²) in [5.74, 6) is 0. The van der Waals surface area contributed by atoms with Crippen LogP contribution in [0.1, 0.15) is 53.4 Å². The topological polar surface area (TPSA) is 32.3 Å². The molecule has 15 heavy (non-hydrogen) atoms. The lowest BCUT2D eigenvalue weighted by atomic mass is 9.75. The van der Waals surface area contributed by atoms with Crippen molar-refractivity contribution in [1.29, 1.82) is 0 Å². The second-order valence-electron chi connectivity index (χ2n) is 6.64. The molecule has 2 nitrogen and oxygen atoms in total. The van der Waals surface area contributed by atoms with Crippen molar-refractivity contribution in [2.45, 2.75) is 59.4 Å². The highest BCUT2D eigenvalue weighted by Gasteiger charge is 2.27. The lowest BCUT2D eigenvalue weighted by Crippen LogP contribution is -2.41. The molecule has 0 unspecified atom stereocenters. The molecule has 90 valence electrons. The van der Waals surface area contributed by atoms with Gasteiger partial charge in [-0.3, -0.25) is 0 Å². The van der Waals surface area contributed by atoms with Crippen molar-refractivity contribution in [3.05, 3.63) is 0 Å². The van der Waals surface area contributed by atoms with E-state index >= 15 is 0 Å². The Bertz CT molecular complexity index is 189. The van der Waals surface area contributed by atoms with Gasteiger partial charge in [-0.05, 0) is 31.1 Å². The molecule has 0 aromatic heterocycles. The molecule has 1 fully saturated rings. The molecule has 0 bridgehead atoms. The van der Waals surface area contributed by atoms with Crippen molar-refractivity contribution in [3.63, 3.8) is 0 Å². The van der Waals surface area contributed by atoms with Crippen LogP contribution in [0.4, 0.5) is 0 Å². The van der Waals surface area contributed by atoms with E-state index in [4.69, 9.17) is 5.11 Å². The van der Waals surface area contributed by atoms with Gasteiger partial charge in [0, 0.05) is 24.6 Å². The molecular formula is C13H27NO. The fourth-order valence-electron chi connectivity index (χ4n) is 2.08.